The van der Waals surface area contributed by atoms with Crippen molar-refractivity contribution in [2.24, 2.45) is 0 Å². The fourth-order valence-corrected chi connectivity index (χ4v) is 5.54. The molecule has 0 radical (unpaired) electrons. The van der Waals surface area contributed by atoms with Crippen LogP contribution in [0.5, 0.6) is 0 Å². The molecule has 0 aliphatic carbocycles. The molecule has 0 aromatic rings. The fourth-order valence-electron chi connectivity index (χ4n) is 5.54. The van der Waals surface area contributed by atoms with E-state index in [4.69, 9.17) is 4.74 Å². The first kappa shape index (κ1) is 36.9. The molecule has 0 bridgehead atoms. The molecule has 1 N–H and O–H groups in total. The predicted molar refractivity (Wildman–Crippen MR) is 165 cm³/mol. The SMILES string of the molecule is CCCCCCCCCCCCCCCCCCCCCCCCCCCCOC(CO)N(CC)CC. The van der Waals surface area contributed by atoms with Crippen LogP contribution in [0.2, 0.25) is 0 Å². The summed E-state index contributed by atoms with van der Waals surface area (Å²) in [5.41, 5.74) is 0. The van der Waals surface area contributed by atoms with Crippen LogP contribution >= 0.6 is 0 Å². The average Bonchev–Trinajstić information content (AvgIpc) is 2.92. The van der Waals surface area contributed by atoms with Gasteiger partial charge in [-0.25, -0.2) is 0 Å². The Balaban J connectivity index is 3.15. The topological polar surface area (TPSA) is 32.7 Å². The zero-order valence-corrected chi connectivity index (χ0v) is 26.1. The molecule has 0 fully saturated rings. The summed E-state index contributed by atoms with van der Waals surface area (Å²) in [5.74, 6) is 0. The first-order valence-electron chi connectivity index (χ1n) is 17.3. The van der Waals surface area contributed by atoms with Gasteiger partial charge in [-0.3, -0.25) is 4.90 Å². The minimum absolute atomic E-state index is 0.0984. The largest absolute Gasteiger partial charge is 0.392 e. The van der Waals surface area contributed by atoms with Gasteiger partial charge in [-0.15, -0.1) is 0 Å². The summed E-state index contributed by atoms with van der Waals surface area (Å²) in [6, 6.07) is 0. The van der Waals surface area contributed by atoms with Gasteiger partial charge in [-0.05, 0) is 19.5 Å². The molecule has 0 saturated heterocycles. The molecule has 0 aliphatic rings. The molecule has 0 rings (SSSR count). The number of unbranched alkanes of at least 4 members (excludes halogenated alkanes) is 25. The quantitative estimate of drug-likeness (QED) is 0.0700. The normalized spacial score (nSPS) is 12.6. The molecule has 1 unspecified atom stereocenters. The zero-order chi connectivity index (χ0) is 27.1. The van der Waals surface area contributed by atoms with E-state index in [9.17, 15) is 5.11 Å². The van der Waals surface area contributed by atoms with E-state index in [1.54, 1.807) is 0 Å². The second-order valence-corrected chi connectivity index (χ2v) is 11.6. The van der Waals surface area contributed by atoms with E-state index >= 15 is 0 Å². The highest BCUT2D eigenvalue weighted by Crippen LogP contribution is 2.16. The van der Waals surface area contributed by atoms with Crippen LogP contribution in [-0.2, 0) is 4.74 Å². The van der Waals surface area contributed by atoms with E-state index in [0.717, 1.165) is 26.1 Å². The molecular formula is C34H71NO2. The van der Waals surface area contributed by atoms with Crippen molar-refractivity contribution in [2.75, 3.05) is 26.3 Å². The zero-order valence-electron chi connectivity index (χ0n) is 26.1. The van der Waals surface area contributed by atoms with Crippen LogP contribution in [-0.4, -0.2) is 42.5 Å². The Morgan fingerprint density at radius 3 is 0.946 bits per heavy atom. The van der Waals surface area contributed by atoms with Gasteiger partial charge in [0.15, 0.2) is 0 Å². The molecule has 3 heteroatoms. The van der Waals surface area contributed by atoms with Gasteiger partial charge in [-0.2, -0.15) is 0 Å². The highest BCUT2D eigenvalue weighted by atomic mass is 16.5. The summed E-state index contributed by atoms with van der Waals surface area (Å²) >= 11 is 0. The van der Waals surface area contributed by atoms with Gasteiger partial charge in [0.2, 0.25) is 0 Å². The van der Waals surface area contributed by atoms with Gasteiger partial charge in [0.1, 0.15) is 6.23 Å². The second kappa shape index (κ2) is 32.1. The molecule has 0 spiro atoms. The van der Waals surface area contributed by atoms with Crippen molar-refractivity contribution in [2.45, 2.75) is 194 Å². The van der Waals surface area contributed by atoms with Crippen molar-refractivity contribution in [1.82, 2.24) is 4.90 Å². The first-order chi connectivity index (χ1) is 18.3. The third kappa shape index (κ3) is 27.2. The Bertz CT molecular complexity index is 399. The summed E-state index contributed by atoms with van der Waals surface area (Å²) < 4.78 is 5.87. The summed E-state index contributed by atoms with van der Waals surface area (Å²) in [6.07, 6.45) is 37.0. The maximum atomic E-state index is 9.49. The highest BCUT2D eigenvalue weighted by Gasteiger charge is 2.14. The first-order valence-corrected chi connectivity index (χ1v) is 17.3. The lowest BCUT2D eigenvalue weighted by molar-refractivity contribution is -0.0841. The third-order valence-electron chi connectivity index (χ3n) is 8.18. The molecule has 37 heavy (non-hydrogen) atoms. The number of rotatable bonds is 32. The van der Waals surface area contributed by atoms with Crippen LogP contribution in [0.25, 0.3) is 0 Å². The molecule has 1 atom stereocenters. The Hall–Kier alpha value is -0.120. The predicted octanol–water partition coefficient (Wildman–Crippen LogP) is 10.8. The Kier molecular flexibility index (Phi) is 32.0. The smallest absolute Gasteiger partial charge is 0.133 e. The number of likely N-dealkylation sites (N-methyl/N-ethyl adjacent to an activating group) is 1. The van der Waals surface area contributed by atoms with E-state index in [1.807, 2.05) is 0 Å². The van der Waals surface area contributed by atoms with E-state index in [0.29, 0.717) is 0 Å². The lowest BCUT2D eigenvalue weighted by Crippen LogP contribution is -2.40. The number of nitrogens with zero attached hydrogens (tertiary/aromatic N) is 1. The summed E-state index contributed by atoms with van der Waals surface area (Å²) in [5, 5.41) is 9.49. The van der Waals surface area contributed by atoms with Crippen molar-refractivity contribution in [3.8, 4) is 0 Å². The van der Waals surface area contributed by atoms with Crippen molar-refractivity contribution in [3.63, 3.8) is 0 Å². The van der Waals surface area contributed by atoms with Gasteiger partial charge in [-0.1, -0.05) is 181 Å². The minimum atomic E-state index is -0.116. The monoisotopic (exact) mass is 526 g/mol. The standard InChI is InChI=1S/C34H71NO2/c1-4-7-8-9-10-11-12-13-14-15-16-17-18-19-20-21-22-23-24-25-26-27-28-29-30-31-32-37-34(33-36)35(5-2)6-3/h34,36H,4-33H2,1-3H3. The number of aliphatic hydroxyl groups is 1. The lowest BCUT2D eigenvalue weighted by atomic mass is 10.0. The molecular weight excluding hydrogens is 454 g/mol. The van der Waals surface area contributed by atoms with Crippen molar-refractivity contribution in [3.05, 3.63) is 0 Å². The van der Waals surface area contributed by atoms with E-state index in [1.165, 1.54) is 161 Å². The summed E-state index contributed by atoms with van der Waals surface area (Å²) in [6.45, 7) is 9.29. The Labute approximate surface area is 234 Å². The second-order valence-electron chi connectivity index (χ2n) is 11.6. The number of hydrogen-bond donors (Lipinski definition) is 1. The summed E-state index contributed by atoms with van der Waals surface area (Å²) in [7, 11) is 0. The molecule has 224 valence electrons. The summed E-state index contributed by atoms with van der Waals surface area (Å²) in [4.78, 5) is 2.18. The molecule has 0 heterocycles. The van der Waals surface area contributed by atoms with Crippen LogP contribution < -0.4 is 0 Å². The third-order valence-corrected chi connectivity index (χ3v) is 8.18. The van der Waals surface area contributed by atoms with Crippen LogP contribution in [0.1, 0.15) is 188 Å². The Morgan fingerprint density at radius 2 is 0.703 bits per heavy atom. The lowest BCUT2D eigenvalue weighted by Gasteiger charge is -2.27. The average molecular weight is 526 g/mol. The van der Waals surface area contributed by atoms with Crippen molar-refractivity contribution in [1.29, 1.82) is 0 Å². The van der Waals surface area contributed by atoms with E-state index < -0.39 is 0 Å². The number of hydrogen-bond acceptors (Lipinski definition) is 3. The van der Waals surface area contributed by atoms with Crippen molar-refractivity contribution < 1.29 is 9.84 Å². The van der Waals surface area contributed by atoms with Gasteiger partial charge in [0.25, 0.3) is 0 Å². The van der Waals surface area contributed by atoms with Gasteiger partial charge in [0, 0.05) is 6.61 Å². The van der Waals surface area contributed by atoms with E-state index in [2.05, 4.69) is 25.7 Å². The van der Waals surface area contributed by atoms with Gasteiger partial charge in [0.05, 0.1) is 6.61 Å². The maximum absolute atomic E-state index is 9.49. The van der Waals surface area contributed by atoms with Crippen LogP contribution in [0.4, 0.5) is 0 Å². The van der Waals surface area contributed by atoms with E-state index in [-0.39, 0.29) is 12.8 Å². The van der Waals surface area contributed by atoms with Crippen molar-refractivity contribution >= 4 is 0 Å². The molecule has 0 saturated carbocycles. The fraction of sp³-hybridized carbons (Fsp3) is 1.00. The van der Waals surface area contributed by atoms with Crippen LogP contribution in [0, 0.1) is 0 Å². The molecule has 3 nitrogen and oxygen atoms in total. The molecule has 0 aliphatic heterocycles. The van der Waals surface area contributed by atoms with Crippen LogP contribution in [0.3, 0.4) is 0 Å². The highest BCUT2D eigenvalue weighted by molar-refractivity contribution is 4.59. The number of aliphatic hydroxyl groups excluding tert-OH is 1. The Morgan fingerprint density at radius 1 is 0.432 bits per heavy atom. The van der Waals surface area contributed by atoms with Crippen LogP contribution in [0.15, 0.2) is 0 Å². The minimum Gasteiger partial charge on any atom is -0.392 e. The van der Waals surface area contributed by atoms with Gasteiger partial charge >= 0.3 is 0 Å². The maximum Gasteiger partial charge on any atom is 0.133 e. The molecule has 0 aromatic carbocycles. The molecule has 0 aromatic heterocycles. The molecule has 0 amide bonds. The van der Waals surface area contributed by atoms with Gasteiger partial charge < -0.3 is 9.84 Å². The number of ether oxygens (including phenoxy) is 1.